The van der Waals surface area contributed by atoms with Crippen molar-refractivity contribution < 1.29 is 9.53 Å². The zero-order chi connectivity index (χ0) is 20.9. The summed E-state index contributed by atoms with van der Waals surface area (Å²) in [7, 11) is 1.68. The first-order valence-electron chi connectivity index (χ1n) is 10.5. The number of nitrogens with zero attached hydrogens (tertiary/aromatic N) is 2. The van der Waals surface area contributed by atoms with Gasteiger partial charge in [-0.3, -0.25) is 9.69 Å². The number of carbonyl (C=O) groups excluding carboxylic acids is 1. The van der Waals surface area contributed by atoms with Gasteiger partial charge in [0.25, 0.3) is 0 Å². The van der Waals surface area contributed by atoms with Crippen LogP contribution in [0.4, 0.5) is 5.69 Å². The van der Waals surface area contributed by atoms with Gasteiger partial charge in [0.15, 0.2) is 0 Å². The average Bonchev–Trinajstić information content (AvgIpc) is 2.79. The minimum atomic E-state index is -0.0114. The van der Waals surface area contributed by atoms with Crippen LogP contribution in [-0.4, -0.2) is 50.6 Å². The molecule has 0 bridgehead atoms. The summed E-state index contributed by atoms with van der Waals surface area (Å²) in [5.74, 6) is 0.947. The first-order valence-corrected chi connectivity index (χ1v) is 10.5. The molecule has 0 aliphatic carbocycles. The van der Waals surface area contributed by atoms with Crippen LogP contribution in [-0.2, 0) is 4.79 Å². The van der Waals surface area contributed by atoms with E-state index < -0.39 is 0 Å². The molecule has 1 aliphatic heterocycles. The standard InChI is InChI=1S/C25H29N3O2/c1-19(21-8-7-20-5-3-4-6-22(20)17-21)26-25(29)18-27-13-15-28(16-14-27)23-9-11-24(30-2)12-10-23/h3-12,17,19H,13-16,18H2,1-2H3,(H,26,29)/t19-/m0/s1. The van der Waals surface area contributed by atoms with Gasteiger partial charge in [-0.25, -0.2) is 0 Å². The Morgan fingerprint density at radius 2 is 1.67 bits per heavy atom. The van der Waals surface area contributed by atoms with E-state index in [4.69, 9.17) is 4.74 Å². The molecule has 1 aliphatic rings. The summed E-state index contributed by atoms with van der Waals surface area (Å²) in [6.45, 7) is 6.07. The number of rotatable bonds is 6. The fourth-order valence-corrected chi connectivity index (χ4v) is 4.01. The molecular formula is C25H29N3O2. The molecule has 4 rings (SSSR count). The summed E-state index contributed by atoms with van der Waals surface area (Å²) >= 11 is 0. The summed E-state index contributed by atoms with van der Waals surface area (Å²) < 4.78 is 5.23. The molecule has 0 saturated carbocycles. The minimum Gasteiger partial charge on any atom is -0.497 e. The highest BCUT2D eigenvalue weighted by Gasteiger charge is 2.20. The van der Waals surface area contributed by atoms with Crippen LogP contribution in [0.3, 0.4) is 0 Å². The SMILES string of the molecule is COc1ccc(N2CCN(CC(=O)N[C@@H](C)c3ccc4ccccc4c3)CC2)cc1. The zero-order valence-electron chi connectivity index (χ0n) is 17.7. The van der Waals surface area contributed by atoms with E-state index >= 15 is 0 Å². The number of piperazine rings is 1. The third-order valence-corrected chi connectivity index (χ3v) is 5.83. The Bertz CT molecular complexity index is 995. The molecule has 0 aromatic heterocycles. The smallest absolute Gasteiger partial charge is 0.234 e. The second kappa shape index (κ2) is 9.18. The number of ether oxygens (including phenoxy) is 1. The average molecular weight is 404 g/mol. The predicted molar refractivity (Wildman–Crippen MR) is 122 cm³/mol. The molecule has 156 valence electrons. The second-order valence-electron chi connectivity index (χ2n) is 7.86. The van der Waals surface area contributed by atoms with Crippen molar-refractivity contribution in [3.05, 3.63) is 72.3 Å². The lowest BCUT2D eigenvalue weighted by molar-refractivity contribution is -0.123. The lowest BCUT2D eigenvalue weighted by Gasteiger charge is -2.36. The van der Waals surface area contributed by atoms with Crippen LogP contribution in [0, 0.1) is 0 Å². The van der Waals surface area contributed by atoms with Crippen molar-refractivity contribution in [2.45, 2.75) is 13.0 Å². The van der Waals surface area contributed by atoms with Gasteiger partial charge >= 0.3 is 0 Å². The van der Waals surface area contributed by atoms with Crippen molar-refractivity contribution in [1.29, 1.82) is 0 Å². The molecule has 1 N–H and O–H groups in total. The Morgan fingerprint density at radius 3 is 2.37 bits per heavy atom. The summed E-state index contributed by atoms with van der Waals surface area (Å²) in [5, 5.41) is 5.57. The molecule has 30 heavy (non-hydrogen) atoms. The van der Waals surface area contributed by atoms with Gasteiger partial charge in [-0.05, 0) is 53.6 Å². The Morgan fingerprint density at radius 1 is 0.967 bits per heavy atom. The second-order valence-corrected chi connectivity index (χ2v) is 7.86. The summed E-state index contributed by atoms with van der Waals surface area (Å²) in [6, 6.07) is 22.8. The molecule has 5 nitrogen and oxygen atoms in total. The van der Waals surface area contributed by atoms with E-state index in [1.807, 2.05) is 31.2 Å². The largest absolute Gasteiger partial charge is 0.497 e. The highest BCUT2D eigenvalue weighted by atomic mass is 16.5. The monoisotopic (exact) mass is 403 g/mol. The number of nitrogens with one attached hydrogen (secondary N) is 1. The molecule has 5 heteroatoms. The van der Waals surface area contributed by atoms with Crippen molar-refractivity contribution in [2.24, 2.45) is 0 Å². The molecular weight excluding hydrogens is 374 g/mol. The van der Waals surface area contributed by atoms with E-state index in [9.17, 15) is 4.79 Å². The van der Waals surface area contributed by atoms with Crippen molar-refractivity contribution in [2.75, 3.05) is 44.7 Å². The number of amides is 1. The van der Waals surface area contributed by atoms with E-state index in [0.29, 0.717) is 6.54 Å². The molecule has 1 fully saturated rings. The maximum absolute atomic E-state index is 12.6. The van der Waals surface area contributed by atoms with E-state index in [0.717, 1.165) is 37.5 Å². The van der Waals surface area contributed by atoms with Gasteiger partial charge in [0.1, 0.15) is 5.75 Å². The van der Waals surface area contributed by atoms with Crippen LogP contribution in [0.1, 0.15) is 18.5 Å². The first kappa shape index (κ1) is 20.2. The summed E-state index contributed by atoms with van der Waals surface area (Å²) in [6.07, 6.45) is 0. The van der Waals surface area contributed by atoms with Gasteiger partial charge in [-0.15, -0.1) is 0 Å². The lowest BCUT2D eigenvalue weighted by Crippen LogP contribution is -2.49. The molecule has 3 aromatic carbocycles. The van der Waals surface area contributed by atoms with Gasteiger partial charge in [0.2, 0.25) is 5.91 Å². The fourth-order valence-electron chi connectivity index (χ4n) is 4.01. The third-order valence-electron chi connectivity index (χ3n) is 5.83. The Kier molecular flexibility index (Phi) is 6.19. The molecule has 0 spiro atoms. The van der Waals surface area contributed by atoms with Crippen molar-refractivity contribution in [3.63, 3.8) is 0 Å². The van der Waals surface area contributed by atoms with E-state index in [2.05, 4.69) is 57.6 Å². The molecule has 1 heterocycles. The van der Waals surface area contributed by atoms with Crippen molar-refractivity contribution in [1.82, 2.24) is 10.2 Å². The van der Waals surface area contributed by atoms with Gasteiger partial charge in [-0.1, -0.05) is 36.4 Å². The van der Waals surface area contributed by atoms with Crippen LogP contribution in [0.15, 0.2) is 66.7 Å². The highest BCUT2D eigenvalue weighted by molar-refractivity contribution is 5.83. The van der Waals surface area contributed by atoms with Crippen LogP contribution in [0.25, 0.3) is 10.8 Å². The number of anilines is 1. The quantitative estimate of drug-likeness (QED) is 0.679. The number of carbonyl (C=O) groups is 1. The Hall–Kier alpha value is -3.05. The van der Waals surface area contributed by atoms with E-state index in [1.165, 1.54) is 16.5 Å². The summed E-state index contributed by atoms with van der Waals surface area (Å²) in [5.41, 5.74) is 2.33. The minimum absolute atomic E-state index is 0.0114. The number of hydrogen-bond acceptors (Lipinski definition) is 4. The van der Waals surface area contributed by atoms with E-state index in [-0.39, 0.29) is 11.9 Å². The van der Waals surface area contributed by atoms with E-state index in [1.54, 1.807) is 7.11 Å². The number of methoxy groups -OCH3 is 1. The number of fused-ring (bicyclic) bond motifs is 1. The molecule has 0 radical (unpaired) electrons. The maximum Gasteiger partial charge on any atom is 0.234 e. The van der Waals surface area contributed by atoms with Gasteiger partial charge in [0.05, 0.1) is 19.7 Å². The third kappa shape index (κ3) is 4.74. The van der Waals surface area contributed by atoms with Gasteiger partial charge in [0, 0.05) is 31.9 Å². The van der Waals surface area contributed by atoms with Gasteiger partial charge < -0.3 is 15.0 Å². The molecule has 1 saturated heterocycles. The molecule has 1 amide bonds. The lowest BCUT2D eigenvalue weighted by atomic mass is 10.0. The van der Waals surface area contributed by atoms with Crippen LogP contribution >= 0.6 is 0 Å². The van der Waals surface area contributed by atoms with Crippen LogP contribution in [0.2, 0.25) is 0 Å². The van der Waals surface area contributed by atoms with Crippen molar-refractivity contribution in [3.8, 4) is 5.75 Å². The maximum atomic E-state index is 12.6. The first-order chi connectivity index (χ1) is 14.6. The zero-order valence-corrected chi connectivity index (χ0v) is 17.7. The topological polar surface area (TPSA) is 44.8 Å². The normalized spacial score (nSPS) is 15.7. The van der Waals surface area contributed by atoms with Gasteiger partial charge in [-0.2, -0.15) is 0 Å². The highest BCUT2D eigenvalue weighted by Crippen LogP contribution is 2.21. The molecule has 0 unspecified atom stereocenters. The molecule has 1 atom stereocenters. The Balaban J connectivity index is 1.27. The Labute approximate surface area is 178 Å². The molecule has 3 aromatic rings. The van der Waals surface area contributed by atoms with Crippen molar-refractivity contribution >= 4 is 22.4 Å². The van der Waals surface area contributed by atoms with Crippen LogP contribution in [0.5, 0.6) is 5.75 Å². The number of hydrogen-bond donors (Lipinski definition) is 1. The fraction of sp³-hybridized carbons (Fsp3) is 0.320. The summed E-state index contributed by atoms with van der Waals surface area (Å²) in [4.78, 5) is 17.2. The van der Waals surface area contributed by atoms with Crippen LogP contribution < -0.4 is 15.0 Å². The predicted octanol–water partition coefficient (Wildman–Crippen LogP) is 3.85. The number of benzene rings is 3.